The molecule has 1 atom stereocenters. The molecule has 1 heterocycles. The summed E-state index contributed by atoms with van der Waals surface area (Å²) in [4.78, 5) is 34.7. The molecule has 36 heavy (non-hydrogen) atoms. The van der Waals surface area contributed by atoms with Crippen molar-refractivity contribution >= 4 is 32.7 Å². The van der Waals surface area contributed by atoms with Crippen LogP contribution in [0.15, 0.2) is 76.0 Å². The van der Waals surface area contributed by atoms with E-state index >= 15 is 0 Å². The molecule has 1 aromatic heterocycles. The molecule has 0 spiro atoms. The van der Waals surface area contributed by atoms with Gasteiger partial charge in [-0.25, -0.2) is 4.98 Å². The van der Waals surface area contributed by atoms with E-state index in [4.69, 9.17) is 4.98 Å². The van der Waals surface area contributed by atoms with E-state index in [-0.39, 0.29) is 17.4 Å². The van der Waals surface area contributed by atoms with Crippen molar-refractivity contribution in [3.8, 4) is 5.69 Å². The number of nitrogens with zero attached hydrogens (tertiary/aromatic N) is 3. The summed E-state index contributed by atoms with van der Waals surface area (Å²) in [6.07, 6.45) is 0.613. The van der Waals surface area contributed by atoms with Crippen LogP contribution in [-0.2, 0) is 0 Å². The zero-order valence-corrected chi connectivity index (χ0v) is 23.0. The van der Waals surface area contributed by atoms with Gasteiger partial charge < -0.3 is 4.90 Å². The van der Waals surface area contributed by atoms with E-state index in [0.29, 0.717) is 35.3 Å². The van der Waals surface area contributed by atoms with Crippen LogP contribution in [-0.4, -0.2) is 26.9 Å². The Morgan fingerprint density at radius 1 is 1.00 bits per heavy atom. The van der Waals surface area contributed by atoms with Crippen LogP contribution in [0.25, 0.3) is 16.6 Å². The van der Waals surface area contributed by atoms with Crippen LogP contribution in [0.4, 0.5) is 0 Å². The molecule has 0 aliphatic rings. The fraction of sp³-hybridized carbons (Fsp3) is 0.300. The Kier molecular flexibility index (Phi) is 7.74. The number of para-hydroxylation sites is 1. The summed E-state index contributed by atoms with van der Waals surface area (Å²) in [5.74, 6) is 0.733. The molecular weight excluding hydrogens is 514 g/mol. The van der Waals surface area contributed by atoms with Gasteiger partial charge in [-0.2, -0.15) is 0 Å². The normalized spacial score (nSPS) is 12.2. The maximum Gasteiger partial charge on any atom is 0.266 e. The minimum atomic E-state index is -0.391. The standard InChI is InChI=1S/C30H32BrN3O2/c1-6-27(33(18-19(2)3)29(35)22-10-9-11-23(31)17-22)28-32-26-13-8-7-12-25(26)30(36)34(28)24-15-14-20(4)21(5)16-24/h7-17,19,27H,6,18H2,1-5H3. The fourth-order valence-corrected chi connectivity index (χ4v) is 4.96. The van der Waals surface area contributed by atoms with Crippen molar-refractivity contribution in [3.63, 3.8) is 0 Å². The minimum Gasteiger partial charge on any atom is -0.328 e. The van der Waals surface area contributed by atoms with Crippen LogP contribution >= 0.6 is 15.9 Å². The zero-order chi connectivity index (χ0) is 26.0. The van der Waals surface area contributed by atoms with Gasteiger partial charge in [0.05, 0.1) is 22.6 Å². The molecule has 186 valence electrons. The maximum absolute atomic E-state index is 13.9. The molecule has 0 aliphatic carbocycles. The van der Waals surface area contributed by atoms with E-state index < -0.39 is 6.04 Å². The summed E-state index contributed by atoms with van der Waals surface area (Å²) in [7, 11) is 0. The first-order valence-electron chi connectivity index (χ1n) is 12.4. The molecule has 6 heteroatoms. The van der Waals surface area contributed by atoms with Crippen molar-refractivity contribution in [2.45, 2.75) is 47.1 Å². The first kappa shape index (κ1) is 25.8. The van der Waals surface area contributed by atoms with Gasteiger partial charge >= 0.3 is 0 Å². The number of hydrogen-bond acceptors (Lipinski definition) is 3. The Morgan fingerprint density at radius 2 is 1.75 bits per heavy atom. The third-order valence-electron chi connectivity index (χ3n) is 6.51. The average Bonchev–Trinajstić information content (AvgIpc) is 2.85. The van der Waals surface area contributed by atoms with Gasteiger partial charge in [-0.3, -0.25) is 14.2 Å². The third-order valence-corrected chi connectivity index (χ3v) is 7.00. The van der Waals surface area contributed by atoms with Crippen LogP contribution in [0.2, 0.25) is 0 Å². The maximum atomic E-state index is 13.9. The van der Waals surface area contributed by atoms with Gasteiger partial charge in [0.1, 0.15) is 5.82 Å². The van der Waals surface area contributed by atoms with E-state index in [2.05, 4.69) is 36.7 Å². The highest BCUT2D eigenvalue weighted by Crippen LogP contribution is 2.29. The smallest absolute Gasteiger partial charge is 0.266 e. The molecule has 0 fully saturated rings. The summed E-state index contributed by atoms with van der Waals surface area (Å²) >= 11 is 3.49. The van der Waals surface area contributed by atoms with Gasteiger partial charge in [-0.1, -0.05) is 61.0 Å². The lowest BCUT2D eigenvalue weighted by Crippen LogP contribution is -2.40. The Labute approximate surface area is 220 Å². The minimum absolute atomic E-state index is 0.0779. The number of fused-ring (bicyclic) bond motifs is 1. The molecule has 1 amide bonds. The van der Waals surface area contributed by atoms with Crippen molar-refractivity contribution in [1.82, 2.24) is 14.5 Å². The zero-order valence-electron chi connectivity index (χ0n) is 21.5. The number of hydrogen-bond donors (Lipinski definition) is 0. The number of halogens is 1. The second-order valence-electron chi connectivity index (χ2n) is 9.68. The number of benzene rings is 3. The lowest BCUT2D eigenvalue weighted by Gasteiger charge is -2.34. The molecule has 1 unspecified atom stereocenters. The van der Waals surface area contributed by atoms with Crippen molar-refractivity contribution < 1.29 is 4.79 Å². The second-order valence-corrected chi connectivity index (χ2v) is 10.6. The molecule has 0 saturated heterocycles. The van der Waals surface area contributed by atoms with Crippen LogP contribution in [0.1, 0.15) is 60.5 Å². The number of aromatic nitrogens is 2. The van der Waals surface area contributed by atoms with Crippen molar-refractivity contribution in [1.29, 1.82) is 0 Å². The number of carbonyl (C=O) groups excluding carboxylic acids is 1. The molecule has 5 nitrogen and oxygen atoms in total. The molecule has 4 rings (SSSR count). The fourth-order valence-electron chi connectivity index (χ4n) is 4.56. The van der Waals surface area contributed by atoms with E-state index in [0.717, 1.165) is 21.3 Å². The van der Waals surface area contributed by atoms with Gasteiger partial charge in [-0.05, 0) is 79.8 Å². The van der Waals surface area contributed by atoms with Gasteiger partial charge in [0.25, 0.3) is 11.5 Å². The first-order valence-corrected chi connectivity index (χ1v) is 13.2. The van der Waals surface area contributed by atoms with Crippen molar-refractivity contribution in [3.05, 3.63) is 104 Å². The highest BCUT2D eigenvalue weighted by molar-refractivity contribution is 9.10. The highest BCUT2D eigenvalue weighted by atomic mass is 79.9. The van der Waals surface area contributed by atoms with Gasteiger partial charge in [0, 0.05) is 16.6 Å². The molecular formula is C30H32BrN3O2. The largest absolute Gasteiger partial charge is 0.328 e. The quantitative estimate of drug-likeness (QED) is 0.251. The number of aryl methyl sites for hydroxylation is 2. The van der Waals surface area contributed by atoms with Crippen LogP contribution < -0.4 is 5.56 Å². The van der Waals surface area contributed by atoms with Crippen LogP contribution in [0.3, 0.4) is 0 Å². The lowest BCUT2D eigenvalue weighted by atomic mass is 10.0. The molecule has 0 N–H and O–H groups in total. The van der Waals surface area contributed by atoms with Gasteiger partial charge in [0.15, 0.2) is 0 Å². The monoisotopic (exact) mass is 545 g/mol. The average molecular weight is 547 g/mol. The number of amides is 1. The van der Waals surface area contributed by atoms with E-state index in [1.54, 1.807) is 4.57 Å². The summed E-state index contributed by atoms with van der Waals surface area (Å²) in [5.41, 5.74) is 4.11. The summed E-state index contributed by atoms with van der Waals surface area (Å²) in [6.45, 7) is 10.9. The lowest BCUT2D eigenvalue weighted by molar-refractivity contribution is 0.0631. The molecule has 3 aromatic carbocycles. The first-order chi connectivity index (χ1) is 17.2. The molecule has 0 radical (unpaired) electrons. The topological polar surface area (TPSA) is 55.2 Å². The third kappa shape index (κ3) is 5.14. The summed E-state index contributed by atoms with van der Waals surface area (Å²) in [5, 5.41) is 0.558. The predicted octanol–water partition coefficient (Wildman–Crippen LogP) is 7.01. The Morgan fingerprint density at radius 3 is 2.42 bits per heavy atom. The van der Waals surface area contributed by atoms with Gasteiger partial charge in [-0.15, -0.1) is 0 Å². The van der Waals surface area contributed by atoms with Crippen LogP contribution in [0, 0.1) is 19.8 Å². The van der Waals surface area contributed by atoms with Crippen LogP contribution in [0.5, 0.6) is 0 Å². The molecule has 4 aromatic rings. The van der Waals surface area contributed by atoms with E-state index in [9.17, 15) is 9.59 Å². The van der Waals surface area contributed by atoms with Crippen molar-refractivity contribution in [2.75, 3.05) is 6.54 Å². The summed E-state index contributed by atoms with van der Waals surface area (Å²) < 4.78 is 2.55. The highest BCUT2D eigenvalue weighted by Gasteiger charge is 2.30. The Bertz CT molecular complexity index is 1480. The number of carbonyl (C=O) groups is 1. The van der Waals surface area contributed by atoms with E-state index in [1.165, 1.54) is 0 Å². The Balaban J connectivity index is 1.98. The Hall–Kier alpha value is -3.25. The predicted molar refractivity (Wildman–Crippen MR) is 150 cm³/mol. The van der Waals surface area contributed by atoms with E-state index in [1.807, 2.05) is 85.5 Å². The number of rotatable bonds is 7. The second kappa shape index (κ2) is 10.8. The van der Waals surface area contributed by atoms with Gasteiger partial charge in [0.2, 0.25) is 0 Å². The molecule has 0 bridgehead atoms. The van der Waals surface area contributed by atoms with Crippen molar-refractivity contribution in [2.24, 2.45) is 5.92 Å². The summed E-state index contributed by atoms with van der Waals surface area (Å²) in [6, 6.07) is 20.5. The SMILES string of the molecule is CCC(c1nc2ccccc2c(=O)n1-c1ccc(C)c(C)c1)N(CC(C)C)C(=O)c1cccc(Br)c1. The molecule has 0 saturated carbocycles. The molecule has 0 aliphatic heterocycles.